The van der Waals surface area contributed by atoms with Crippen molar-refractivity contribution in [2.45, 2.75) is 6.54 Å². The Hall–Kier alpha value is -2.21. The minimum Gasteiger partial charge on any atom is -0.464 e. The fourth-order valence-corrected chi connectivity index (χ4v) is 1.96. The molecule has 0 saturated carbocycles. The van der Waals surface area contributed by atoms with Gasteiger partial charge in [0, 0.05) is 18.6 Å². The van der Waals surface area contributed by atoms with E-state index in [-0.39, 0.29) is 11.5 Å². The number of halogens is 2. The van der Waals surface area contributed by atoms with E-state index >= 15 is 0 Å². The summed E-state index contributed by atoms with van der Waals surface area (Å²) in [5.41, 5.74) is 0.897. The fourth-order valence-electron chi connectivity index (χ4n) is 1.73. The lowest BCUT2D eigenvalue weighted by Gasteiger charge is -2.18. The molecule has 5 nitrogen and oxygen atoms in total. The van der Waals surface area contributed by atoms with Gasteiger partial charge in [0.15, 0.2) is 11.5 Å². The van der Waals surface area contributed by atoms with Gasteiger partial charge in [-0.25, -0.2) is 9.18 Å². The molecule has 0 spiro atoms. The van der Waals surface area contributed by atoms with Crippen molar-refractivity contribution in [3.63, 3.8) is 0 Å². The average Bonchev–Trinajstić information content (AvgIpc) is 2.49. The van der Waals surface area contributed by atoms with Crippen LogP contribution < -0.4 is 4.90 Å². The van der Waals surface area contributed by atoms with Gasteiger partial charge in [0.2, 0.25) is 0 Å². The summed E-state index contributed by atoms with van der Waals surface area (Å²) in [6.07, 6.45) is 0. The summed E-state index contributed by atoms with van der Waals surface area (Å²) in [4.78, 5) is 13.1. The molecule has 0 aliphatic rings. The quantitative estimate of drug-likeness (QED) is 0.813. The number of aromatic nitrogens is 2. The molecule has 0 fully saturated rings. The molecule has 0 aliphatic carbocycles. The zero-order valence-electron chi connectivity index (χ0n) is 11.5. The second-order valence-corrected chi connectivity index (χ2v) is 4.77. The Kier molecular flexibility index (Phi) is 4.70. The maximum Gasteiger partial charge on any atom is 0.358 e. The lowest BCUT2D eigenvalue weighted by atomic mass is 10.2. The molecule has 21 heavy (non-hydrogen) atoms. The Morgan fingerprint density at radius 2 is 2.10 bits per heavy atom. The number of nitrogens with zero attached hydrogens (tertiary/aromatic N) is 3. The minimum atomic E-state index is -0.543. The number of ether oxygens (including phenoxy) is 1. The van der Waals surface area contributed by atoms with Gasteiger partial charge in [-0.3, -0.25) is 0 Å². The molecule has 1 aromatic heterocycles. The van der Waals surface area contributed by atoms with Gasteiger partial charge in [-0.15, -0.1) is 10.2 Å². The maximum atomic E-state index is 13.0. The van der Waals surface area contributed by atoms with E-state index in [1.54, 1.807) is 24.1 Å². The number of methoxy groups -OCH3 is 1. The van der Waals surface area contributed by atoms with Gasteiger partial charge in [-0.1, -0.05) is 17.7 Å². The molecule has 2 rings (SSSR count). The highest BCUT2D eigenvalue weighted by Crippen LogP contribution is 2.20. The summed E-state index contributed by atoms with van der Waals surface area (Å²) in [7, 11) is 3.07. The summed E-state index contributed by atoms with van der Waals surface area (Å²) in [6, 6.07) is 7.40. The van der Waals surface area contributed by atoms with Gasteiger partial charge in [0.05, 0.1) is 7.11 Å². The van der Waals surface area contributed by atoms with E-state index in [1.807, 2.05) is 0 Å². The van der Waals surface area contributed by atoms with Crippen molar-refractivity contribution < 1.29 is 13.9 Å². The Labute approximate surface area is 126 Å². The van der Waals surface area contributed by atoms with Crippen LogP contribution in [0.5, 0.6) is 0 Å². The van der Waals surface area contributed by atoms with Crippen LogP contribution in [0, 0.1) is 5.82 Å². The SMILES string of the molecule is COC(=O)c1ccc(N(C)Cc2ccc(F)cc2Cl)nn1. The highest BCUT2D eigenvalue weighted by molar-refractivity contribution is 6.31. The first-order valence-corrected chi connectivity index (χ1v) is 6.46. The van der Waals surface area contributed by atoms with E-state index in [0.717, 1.165) is 5.56 Å². The number of carbonyl (C=O) groups is 1. The van der Waals surface area contributed by atoms with Crippen LogP contribution in [0.25, 0.3) is 0 Å². The highest BCUT2D eigenvalue weighted by Gasteiger charge is 2.11. The van der Waals surface area contributed by atoms with Crippen LogP contribution in [0.2, 0.25) is 5.02 Å². The van der Waals surface area contributed by atoms with Crippen LogP contribution in [0.4, 0.5) is 10.2 Å². The van der Waals surface area contributed by atoms with Crippen molar-refractivity contribution in [3.05, 3.63) is 52.4 Å². The van der Waals surface area contributed by atoms with Crippen LogP contribution in [-0.4, -0.2) is 30.3 Å². The van der Waals surface area contributed by atoms with Crippen molar-refractivity contribution in [1.29, 1.82) is 0 Å². The molecule has 0 N–H and O–H groups in total. The first-order valence-electron chi connectivity index (χ1n) is 6.08. The Morgan fingerprint density at radius 3 is 2.67 bits per heavy atom. The normalized spacial score (nSPS) is 10.3. The summed E-state index contributed by atoms with van der Waals surface area (Å²) >= 11 is 5.98. The number of rotatable bonds is 4. The molecule has 1 aromatic carbocycles. The van der Waals surface area contributed by atoms with E-state index < -0.39 is 5.97 Å². The third kappa shape index (κ3) is 3.66. The van der Waals surface area contributed by atoms with Gasteiger partial charge in [0.1, 0.15) is 5.82 Å². The van der Waals surface area contributed by atoms with Crippen LogP contribution in [-0.2, 0) is 11.3 Å². The fraction of sp³-hybridized carbons (Fsp3) is 0.214. The molecule has 0 unspecified atom stereocenters. The zero-order valence-corrected chi connectivity index (χ0v) is 12.3. The molecule has 7 heteroatoms. The van der Waals surface area contributed by atoms with E-state index in [4.69, 9.17) is 11.6 Å². The van der Waals surface area contributed by atoms with Crippen molar-refractivity contribution in [2.24, 2.45) is 0 Å². The first kappa shape index (κ1) is 15.2. The van der Waals surface area contributed by atoms with Crippen molar-refractivity contribution in [1.82, 2.24) is 10.2 Å². The Bertz CT molecular complexity index is 649. The molecule has 1 heterocycles. The average molecular weight is 310 g/mol. The van der Waals surface area contributed by atoms with Gasteiger partial charge >= 0.3 is 5.97 Å². The van der Waals surface area contributed by atoms with Crippen LogP contribution in [0.15, 0.2) is 30.3 Å². The Balaban J connectivity index is 2.13. The topological polar surface area (TPSA) is 55.3 Å². The molecule has 0 amide bonds. The second-order valence-electron chi connectivity index (χ2n) is 4.36. The number of anilines is 1. The molecule has 0 aliphatic heterocycles. The molecule has 0 radical (unpaired) electrons. The lowest BCUT2D eigenvalue weighted by Crippen LogP contribution is -2.19. The number of hydrogen-bond donors (Lipinski definition) is 0. The standard InChI is InChI=1S/C14H13ClFN3O2/c1-19(8-9-3-4-10(16)7-11(9)15)13-6-5-12(17-18-13)14(20)21-2/h3-7H,8H2,1-2H3. The van der Waals surface area contributed by atoms with E-state index in [1.165, 1.54) is 25.3 Å². The predicted molar refractivity (Wildman–Crippen MR) is 76.9 cm³/mol. The van der Waals surface area contributed by atoms with Crippen LogP contribution in [0.3, 0.4) is 0 Å². The smallest absolute Gasteiger partial charge is 0.358 e. The van der Waals surface area contributed by atoms with Crippen molar-refractivity contribution in [3.8, 4) is 0 Å². The highest BCUT2D eigenvalue weighted by atomic mass is 35.5. The number of carbonyl (C=O) groups excluding carboxylic acids is 1. The summed E-state index contributed by atoms with van der Waals surface area (Å²) in [5, 5.41) is 8.09. The van der Waals surface area contributed by atoms with E-state index in [0.29, 0.717) is 17.4 Å². The monoisotopic (exact) mass is 309 g/mol. The van der Waals surface area contributed by atoms with E-state index in [2.05, 4.69) is 14.9 Å². The number of benzene rings is 1. The predicted octanol–water partition coefficient (Wildman–Crippen LogP) is 2.69. The zero-order chi connectivity index (χ0) is 15.4. The number of hydrogen-bond acceptors (Lipinski definition) is 5. The second kappa shape index (κ2) is 6.49. The molecule has 2 aromatic rings. The minimum absolute atomic E-state index is 0.134. The molecular weight excluding hydrogens is 297 g/mol. The third-order valence-electron chi connectivity index (χ3n) is 2.86. The lowest BCUT2D eigenvalue weighted by molar-refractivity contribution is 0.0592. The third-order valence-corrected chi connectivity index (χ3v) is 3.21. The molecular formula is C14H13ClFN3O2. The van der Waals surface area contributed by atoms with Gasteiger partial charge in [-0.2, -0.15) is 0 Å². The van der Waals surface area contributed by atoms with Gasteiger partial charge in [0.25, 0.3) is 0 Å². The largest absolute Gasteiger partial charge is 0.464 e. The van der Waals surface area contributed by atoms with E-state index in [9.17, 15) is 9.18 Å². The van der Waals surface area contributed by atoms with Gasteiger partial charge < -0.3 is 9.64 Å². The van der Waals surface area contributed by atoms with Crippen molar-refractivity contribution in [2.75, 3.05) is 19.1 Å². The first-order chi connectivity index (χ1) is 10.0. The van der Waals surface area contributed by atoms with Crippen LogP contribution in [0.1, 0.15) is 16.1 Å². The van der Waals surface area contributed by atoms with Gasteiger partial charge in [-0.05, 0) is 29.8 Å². The molecule has 0 bridgehead atoms. The Morgan fingerprint density at radius 1 is 1.33 bits per heavy atom. The summed E-state index contributed by atoms with van der Waals surface area (Å²) in [5.74, 6) is -0.366. The summed E-state index contributed by atoms with van der Waals surface area (Å²) in [6.45, 7) is 0.436. The maximum absolute atomic E-state index is 13.0. The molecule has 0 saturated heterocycles. The number of esters is 1. The van der Waals surface area contributed by atoms with Crippen LogP contribution >= 0.6 is 11.6 Å². The molecule has 0 atom stereocenters. The van der Waals surface area contributed by atoms with Crippen molar-refractivity contribution >= 4 is 23.4 Å². The molecule has 110 valence electrons. The summed E-state index contributed by atoms with van der Waals surface area (Å²) < 4.78 is 17.5.